The van der Waals surface area contributed by atoms with E-state index >= 15 is 0 Å². The number of hydrogen-bond acceptors (Lipinski definition) is 6. The summed E-state index contributed by atoms with van der Waals surface area (Å²) in [4.78, 5) is 0. The third-order valence-corrected chi connectivity index (χ3v) is 3.32. The van der Waals surface area contributed by atoms with Gasteiger partial charge in [-0.25, -0.2) is 0 Å². The average molecular weight is 292 g/mol. The van der Waals surface area contributed by atoms with Gasteiger partial charge in [0.2, 0.25) is 5.16 Å². The smallest absolute Gasteiger partial charge is 0.211 e. The first-order chi connectivity index (χ1) is 9.69. The molecule has 0 fully saturated rings. The highest BCUT2D eigenvalue weighted by molar-refractivity contribution is 7.98. The summed E-state index contributed by atoms with van der Waals surface area (Å²) in [5, 5.41) is 13.2. The minimum atomic E-state index is 0.699. The molecule has 2 rings (SSSR count). The van der Waals surface area contributed by atoms with Crippen LogP contribution in [0.5, 0.6) is 11.5 Å². The third kappa shape index (κ3) is 2.93. The van der Waals surface area contributed by atoms with Crippen LogP contribution >= 0.6 is 11.8 Å². The fourth-order valence-corrected chi connectivity index (χ4v) is 2.12. The fourth-order valence-electron chi connectivity index (χ4n) is 1.64. The summed E-state index contributed by atoms with van der Waals surface area (Å²) in [5.74, 6) is 2.17. The summed E-state index contributed by atoms with van der Waals surface area (Å²) in [6.07, 6.45) is 3.65. The molecule has 0 aliphatic rings. The SMILES string of the molecule is COc1ccc(/C=N\n2c(C)nnc2SC)c(OC)c1. The fraction of sp³-hybridized carbons (Fsp3) is 0.308. The van der Waals surface area contributed by atoms with Gasteiger partial charge in [-0.1, -0.05) is 11.8 Å². The lowest BCUT2D eigenvalue weighted by molar-refractivity contribution is 0.394. The van der Waals surface area contributed by atoms with Crippen LogP contribution in [0.3, 0.4) is 0 Å². The Morgan fingerprint density at radius 3 is 2.70 bits per heavy atom. The van der Waals surface area contributed by atoms with Crippen molar-refractivity contribution in [3.63, 3.8) is 0 Å². The Bertz CT molecular complexity index is 625. The van der Waals surface area contributed by atoms with E-state index in [0.717, 1.165) is 22.3 Å². The molecule has 7 heteroatoms. The van der Waals surface area contributed by atoms with Gasteiger partial charge in [-0.2, -0.15) is 9.78 Å². The zero-order valence-corrected chi connectivity index (χ0v) is 12.6. The average Bonchev–Trinajstić information content (AvgIpc) is 2.85. The van der Waals surface area contributed by atoms with Gasteiger partial charge >= 0.3 is 0 Å². The van der Waals surface area contributed by atoms with Gasteiger partial charge in [-0.05, 0) is 25.3 Å². The van der Waals surface area contributed by atoms with Crippen LogP contribution in [0.15, 0.2) is 28.5 Å². The predicted octanol–water partition coefficient (Wildman–Crippen LogP) is 2.21. The molecule has 0 bridgehead atoms. The Hall–Kier alpha value is -2.02. The lowest BCUT2D eigenvalue weighted by Crippen LogP contribution is -1.97. The zero-order chi connectivity index (χ0) is 14.5. The molecule has 0 amide bonds. The quantitative estimate of drug-likeness (QED) is 0.624. The molecule has 1 aromatic carbocycles. The van der Waals surface area contributed by atoms with E-state index in [2.05, 4.69) is 15.3 Å². The van der Waals surface area contributed by atoms with Crippen molar-refractivity contribution in [3.05, 3.63) is 29.6 Å². The number of aryl methyl sites for hydroxylation is 1. The number of nitrogens with zero attached hydrogens (tertiary/aromatic N) is 4. The summed E-state index contributed by atoms with van der Waals surface area (Å²) in [7, 11) is 3.23. The van der Waals surface area contributed by atoms with Gasteiger partial charge in [0, 0.05) is 11.6 Å². The maximum Gasteiger partial charge on any atom is 0.211 e. The number of aromatic nitrogens is 3. The lowest BCUT2D eigenvalue weighted by Gasteiger charge is -2.07. The second kappa shape index (κ2) is 6.42. The molecule has 0 saturated carbocycles. The first kappa shape index (κ1) is 14.4. The summed E-state index contributed by atoms with van der Waals surface area (Å²) in [5.41, 5.74) is 0.855. The summed E-state index contributed by atoms with van der Waals surface area (Å²) >= 11 is 1.49. The standard InChI is InChI=1S/C13H16N4O2S/c1-9-15-16-13(20-4)17(9)14-8-10-5-6-11(18-2)7-12(10)19-3/h5-8H,1-4H3/b14-8-. The predicted molar refractivity (Wildman–Crippen MR) is 79.1 cm³/mol. The molecule has 1 heterocycles. The van der Waals surface area contributed by atoms with Crippen molar-refractivity contribution in [2.45, 2.75) is 12.1 Å². The van der Waals surface area contributed by atoms with Crippen molar-refractivity contribution >= 4 is 18.0 Å². The number of methoxy groups -OCH3 is 2. The van der Waals surface area contributed by atoms with Crippen LogP contribution in [-0.2, 0) is 0 Å². The van der Waals surface area contributed by atoms with Crippen LogP contribution in [0.25, 0.3) is 0 Å². The van der Waals surface area contributed by atoms with Gasteiger partial charge in [-0.15, -0.1) is 10.2 Å². The Balaban J connectivity index is 2.33. The van der Waals surface area contributed by atoms with Crippen LogP contribution < -0.4 is 9.47 Å². The van der Waals surface area contributed by atoms with E-state index < -0.39 is 0 Å². The van der Waals surface area contributed by atoms with Crippen molar-refractivity contribution in [2.75, 3.05) is 20.5 Å². The minimum Gasteiger partial charge on any atom is -0.497 e. The molecular formula is C13H16N4O2S. The molecule has 0 N–H and O–H groups in total. The highest BCUT2D eigenvalue weighted by atomic mass is 32.2. The molecule has 0 radical (unpaired) electrons. The number of rotatable bonds is 5. The second-order valence-electron chi connectivity index (χ2n) is 3.90. The maximum atomic E-state index is 5.33. The number of hydrogen-bond donors (Lipinski definition) is 0. The van der Waals surface area contributed by atoms with Crippen molar-refractivity contribution in [1.82, 2.24) is 14.9 Å². The number of thioether (sulfide) groups is 1. The zero-order valence-electron chi connectivity index (χ0n) is 11.8. The monoisotopic (exact) mass is 292 g/mol. The van der Waals surface area contributed by atoms with Gasteiger partial charge in [0.1, 0.15) is 11.5 Å². The van der Waals surface area contributed by atoms with Crippen LogP contribution in [0.2, 0.25) is 0 Å². The minimum absolute atomic E-state index is 0.699. The first-order valence-electron chi connectivity index (χ1n) is 5.92. The molecule has 0 aliphatic carbocycles. The highest BCUT2D eigenvalue weighted by Gasteiger charge is 2.07. The van der Waals surface area contributed by atoms with E-state index in [1.807, 2.05) is 31.4 Å². The van der Waals surface area contributed by atoms with Crippen molar-refractivity contribution in [3.8, 4) is 11.5 Å². The van der Waals surface area contributed by atoms with E-state index in [1.54, 1.807) is 25.1 Å². The van der Waals surface area contributed by atoms with Gasteiger partial charge < -0.3 is 9.47 Å². The van der Waals surface area contributed by atoms with Gasteiger partial charge in [-0.3, -0.25) is 0 Å². The summed E-state index contributed by atoms with van der Waals surface area (Å²) in [6.45, 7) is 1.86. The van der Waals surface area contributed by atoms with E-state index in [0.29, 0.717) is 5.75 Å². The molecular weight excluding hydrogens is 276 g/mol. The topological polar surface area (TPSA) is 61.5 Å². The number of ether oxygens (including phenoxy) is 2. The Kier molecular flexibility index (Phi) is 4.62. The second-order valence-corrected chi connectivity index (χ2v) is 4.67. The molecule has 20 heavy (non-hydrogen) atoms. The molecule has 1 aromatic heterocycles. The molecule has 0 atom stereocenters. The van der Waals surface area contributed by atoms with Crippen LogP contribution in [0.4, 0.5) is 0 Å². The normalized spacial score (nSPS) is 11.0. The van der Waals surface area contributed by atoms with Crippen LogP contribution in [-0.4, -0.2) is 41.6 Å². The van der Waals surface area contributed by atoms with Crippen LogP contribution in [0, 0.1) is 6.92 Å². The van der Waals surface area contributed by atoms with E-state index in [1.165, 1.54) is 11.8 Å². The molecule has 2 aromatic rings. The molecule has 6 nitrogen and oxygen atoms in total. The lowest BCUT2D eigenvalue weighted by atomic mass is 10.2. The Morgan fingerprint density at radius 2 is 2.05 bits per heavy atom. The first-order valence-corrected chi connectivity index (χ1v) is 7.14. The summed E-state index contributed by atoms with van der Waals surface area (Å²) < 4.78 is 12.2. The summed E-state index contributed by atoms with van der Waals surface area (Å²) in [6, 6.07) is 5.56. The molecule has 0 aliphatic heterocycles. The van der Waals surface area contributed by atoms with Crippen molar-refractivity contribution < 1.29 is 9.47 Å². The van der Waals surface area contributed by atoms with Crippen molar-refractivity contribution in [1.29, 1.82) is 0 Å². The highest BCUT2D eigenvalue weighted by Crippen LogP contribution is 2.23. The largest absolute Gasteiger partial charge is 0.497 e. The molecule has 0 saturated heterocycles. The molecule has 0 spiro atoms. The van der Waals surface area contributed by atoms with E-state index in [4.69, 9.17) is 9.47 Å². The molecule has 106 valence electrons. The van der Waals surface area contributed by atoms with Crippen LogP contribution in [0.1, 0.15) is 11.4 Å². The van der Waals surface area contributed by atoms with Crippen molar-refractivity contribution in [2.24, 2.45) is 5.10 Å². The Labute approximate surface area is 121 Å². The maximum absolute atomic E-state index is 5.33. The third-order valence-electron chi connectivity index (χ3n) is 2.70. The Morgan fingerprint density at radius 1 is 1.25 bits per heavy atom. The van der Waals surface area contributed by atoms with Gasteiger partial charge in [0.25, 0.3) is 0 Å². The molecule has 0 unspecified atom stereocenters. The van der Waals surface area contributed by atoms with E-state index in [-0.39, 0.29) is 0 Å². The van der Waals surface area contributed by atoms with Gasteiger partial charge in [0.15, 0.2) is 5.82 Å². The number of benzene rings is 1. The van der Waals surface area contributed by atoms with E-state index in [9.17, 15) is 0 Å². The van der Waals surface area contributed by atoms with Gasteiger partial charge in [0.05, 0.1) is 20.4 Å².